The summed E-state index contributed by atoms with van der Waals surface area (Å²) in [6, 6.07) is 0. The van der Waals surface area contributed by atoms with Crippen LogP contribution in [0.1, 0.15) is 34.6 Å². The third-order valence-corrected chi connectivity index (χ3v) is 9.06. The molecule has 0 saturated carbocycles. The molecule has 134 valence electrons. The molecule has 1 fully saturated rings. The smallest absolute Gasteiger partial charge is 0.192 e. The Morgan fingerprint density at radius 2 is 1.65 bits per heavy atom. The Hall–Kier alpha value is -0.423. The molecular formula is C17H32O5Si. The van der Waals surface area contributed by atoms with Crippen LogP contribution in [0.5, 0.6) is 0 Å². The summed E-state index contributed by atoms with van der Waals surface area (Å²) >= 11 is 0. The average molecular weight is 345 g/mol. The Morgan fingerprint density at radius 1 is 1.13 bits per heavy atom. The van der Waals surface area contributed by atoms with Crippen LogP contribution < -0.4 is 0 Å². The summed E-state index contributed by atoms with van der Waals surface area (Å²) in [4.78, 5) is 0. The average Bonchev–Trinajstić information content (AvgIpc) is 2.72. The largest absolute Gasteiger partial charge is 0.406 e. The lowest BCUT2D eigenvalue weighted by molar-refractivity contribution is -0.204. The maximum Gasteiger partial charge on any atom is 0.192 e. The van der Waals surface area contributed by atoms with Crippen LogP contribution in [0.2, 0.25) is 18.1 Å². The van der Waals surface area contributed by atoms with Crippen LogP contribution in [0.4, 0.5) is 0 Å². The van der Waals surface area contributed by atoms with Crippen molar-refractivity contribution in [1.29, 1.82) is 0 Å². The van der Waals surface area contributed by atoms with E-state index in [1.165, 1.54) is 0 Å². The Balaban J connectivity index is 3.14. The fourth-order valence-electron chi connectivity index (χ4n) is 2.32. The minimum absolute atomic E-state index is 0.0396. The summed E-state index contributed by atoms with van der Waals surface area (Å²) < 4.78 is 29.3. The van der Waals surface area contributed by atoms with Crippen molar-refractivity contribution in [2.24, 2.45) is 0 Å². The van der Waals surface area contributed by atoms with Gasteiger partial charge >= 0.3 is 0 Å². The number of hydrogen-bond donors (Lipinski definition) is 0. The highest BCUT2D eigenvalue weighted by Crippen LogP contribution is 2.40. The van der Waals surface area contributed by atoms with Gasteiger partial charge in [0.15, 0.2) is 20.4 Å². The quantitative estimate of drug-likeness (QED) is 0.421. The van der Waals surface area contributed by atoms with Crippen molar-refractivity contribution in [3.8, 4) is 12.3 Å². The minimum atomic E-state index is -2.08. The molecule has 0 unspecified atom stereocenters. The first-order chi connectivity index (χ1) is 10.4. The van der Waals surface area contributed by atoms with Crippen LogP contribution in [0.15, 0.2) is 0 Å². The van der Waals surface area contributed by atoms with Gasteiger partial charge in [0.25, 0.3) is 0 Å². The Labute approximate surface area is 142 Å². The summed E-state index contributed by atoms with van der Waals surface area (Å²) in [5.41, 5.74) is 0. The first-order valence-electron chi connectivity index (χ1n) is 7.93. The number of terminal acetylenes is 1. The summed E-state index contributed by atoms with van der Waals surface area (Å²) in [5.74, 6) is 1.89. The first kappa shape index (κ1) is 20.6. The molecule has 1 aliphatic heterocycles. The lowest BCUT2D eigenvalue weighted by Crippen LogP contribution is -2.54. The van der Waals surface area contributed by atoms with Crippen molar-refractivity contribution >= 4 is 8.32 Å². The zero-order valence-corrected chi connectivity index (χ0v) is 16.9. The Bertz CT molecular complexity index is 431. The molecule has 6 heteroatoms. The topological polar surface area (TPSA) is 46.2 Å². The fraction of sp³-hybridized carbons (Fsp3) is 0.882. The maximum absolute atomic E-state index is 6.54. The molecule has 0 spiro atoms. The van der Waals surface area contributed by atoms with Crippen LogP contribution >= 0.6 is 0 Å². The normalized spacial score (nSPS) is 26.3. The molecule has 0 aromatic heterocycles. The van der Waals surface area contributed by atoms with Gasteiger partial charge in [0.05, 0.1) is 0 Å². The highest BCUT2D eigenvalue weighted by molar-refractivity contribution is 6.74. The van der Waals surface area contributed by atoms with Crippen molar-refractivity contribution in [3.05, 3.63) is 0 Å². The molecule has 0 aliphatic carbocycles. The molecule has 1 aliphatic rings. The van der Waals surface area contributed by atoms with Crippen molar-refractivity contribution in [1.82, 2.24) is 0 Å². The van der Waals surface area contributed by atoms with Crippen molar-refractivity contribution < 1.29 is 23.4 Å². The van der Waals surface area contributed by atoms with Crippen molar-refractivity contribution in [3.63, 3.8) is 0 Å². The zero-order chi connectivity index (χ0) is 18.1. The third-order valence-electron chi connectivity index (χ3n) is 4.59. The molecule has 23 heavy (non-hydrogen) atoms. The number of hydrogen-bond acceptors (Lipinski definition) is 5. The molecule has 0 amide bonds. The molecule has 0 radical (unpaired) electrons. The van der Waals surface area contributed by atoms with E-state index in [4.69, 9.17) is 29.8 Å². The van der Waals surface area contributed by atoms with Gasteiger partial charge in [-0.15, -0.1) is 6.42 Å². The molecule has 1 heterocycles. The van der Waals surface area contributed by atoms with Gasteiger partial charge in [0, 0.05) is 14.2 Å². The molecule has 3 atom stereocenters. The third kappa shape index (κ3) is 4.78. The molecule has 1 rings (SSSR count). The molecule has 0 bridgehead atoms. The second kappa shape index (κ2) is 7.22. The van der Waals surface area contributed by atoms with Crippen LogP contribution in [-0.4, -0.2) is 52.9 Å². The van der Waals surface area contributed by atoms with Gasteiger partial charge in [-0.3, -0.25) is 0 Å². The summed E-state index contributed by atoms with van der Waals surface area (Å²) in [6.07, 6.45) is 3.63. The maximum atomic E-state index is 6.54. The van der Waals surface area contributed by atoms with Gasteiger partial charge < -0.3 is 23.4 Å². The van der Waals surface area contributed by atoms with E-state index in [2.05, 4.69) is 39.8 Å². The Morgan fingerprint density at radius 3 is 2.04 bits per heavy atom. The fourth-order valence-corrected chi connectivity index (χ4v) is 3.60. The minimum Gasteiger partial charge on any atom is -0.406 e. The molecule has 5 nitrogen and oxygen atoms in total. The van der Waals surface area contributed by atoms with Crippen LogP contribution in [0.3, 0.4) is 0 Å². The SMILES string of the molecule is C#C[C@H]1OC(C)(C)O[C@@H]1[C@H](O[Si](C)(C)C(C)(C)C)C(OC)OC. The standard InChI is InChI=1S/C17H32O5Si/c1-11-12-13(21-17(5,6)20-12)14(15(18-7)19-8)22-23(9,10)16(2,3)4/h1,12-15H,2-10H3/t12-,13+,14+/m1/s1. The van der Waals surface area contributed by atoms with E-state index < -0.39 is 38.7 Å². The Kier molecular flexibility index (Phi) is 6.47. The van der Waals surface area contributed by atoms with Crippen LogP contribution in [-0.2, 0) is 23.4 Å². The lowest BCUT2D eigenvalue weighted by Gasteiger charge is -2.42. The molecule has 1 saturated heterocycles. The van der Waals surface area contributed by atoms with Crippen LogP contribution in [0.25, 0.3) is 0 Å². The molecule has 0 N–H and O–H groups in total. The van der Waals surface area contributed by atoms with Gasteiger partial charge in [0.1, 0.15) is 18.3 Å². The number of rotatable bonds is 6. The van der Waals surface area contributed by atoms with E-state index in [0.29, 0.717) is 0 Å². The van der Waals surface area contributed by atoms with Gasteiger partial charge in [-0.25, -0.2) is 0 Å². The van der Waals surface area contributed by atoms with Gasteiger partial charge in [-0.05, 0) is 32.0 Å². The number of methoxy groups -OCH3 is 2. The monoisotopic (exact) mass is 344 g/mol. The van der Waals surface area contributed by atoms with Gasteiger partial charge in [-0.1, -0.05) is 26.7 Å². The lowest BCUT2D eigenvalue weighted by atomic mass is 10.1. The van der Waals surface area contributed by atoms with E-state index in [0.717, 1.165) is 0 Å². The second-order valence-electron chi connectivity index (χ2n) is 7.87. The summed E-state index contributed by atoms with van der Waals surface area (Å²) in [5, 5.41) is 0.0396. The van der Waals surface area contributed by atoms with Crippen LogP contribution in [0, 0.1) is 12.3 Å². The van der Waals surface area contributed by atoms with E-state index in [1.807, 2.05) is 13.8 Å². The van der Waals surface area contributed by atoms with Crippen molar-refractivity contribution in [2.45, 2.75) is 83.1 Å². The van der Waals surface area contributed by atoms with E-state index in [1.54, 1.807) is 14.2 Å². The van der Waals surface area contributed by atoms with E-state index in [-0.39, 0.29) is 5.04 Å². The van der Waals surface area contributed by atoms with Gasteiger partial charge in [0.2, 0.25) is 0 Å². The zero-order valence-electron chi connectivity index (χ0n) is 15.9. The predicted molar refractivity (Wildman–Crippen MR) is 92.5 cm³/mol. The number of ether oxygens (including phenoxy) is 4. The second-order valence-corrected chi connectivity index (χ2v) is 12.6. The summed E-state index contributed by atoms with van der Waals surface area (Å²) in [6.45, 7) is 14.6. The molecule has 0 aromatic carbocycles. The predicted octanol–water partition coefficient (Wildman–Crippen LogP) is 3.15. The highest BCUT2D eigenvalue weighted by atomic mass is 28.4. The van der Waals surface area contributed by atoms with Crippen molar-refractivity contribution in [2.75, 3.05) is 14.2 Å². The van der Waals surface area contributed by atoms with Gasteiger partial charge in [-0.2, -0.15) is 0 Å². The summed E-state index contributed by atoms with van der Waals surface area (Å²) in [7, 11) is 1.09. The molecule has 0 aromatic rings. The van der Waals surface area contributed by atoms with E-state index in [9.17, 15) is 0 Å². The first-order valence-corrected chi connectivity index (χ1v) is 10.8. The molecular weight excluding hydrogens is 312 g/mol. The van der Waals surface area contributed by atoms with E-state index >= 15 is 0 Å². The highest BCUT2D eigenvalue weighted by Gasteiger charge is 2.51.